The molecule has 2 aromatic heterocycles. The van der Waals surface area contributed by atoms with Crippen LogP contribution < -0.4 is 26.0 Å². The van der Waals surface area contributed by atoms with Crippen LogP contribution >= 0.6 is 0 Å². The van der Waals surface area contributed by atoms with Crippen molar-refractivity contribution < 1.29 is 27.8 Å². The van der Waals surface area contributed by atoms with E-state index < -0.39 is 30.5 Å². The average Bonchev–Trinajstić information content (AvgIpc) is 3.40. The molecule has 0 aliphatic carbocycles. The third-order valence-electron chi connectivity index (χ3n) is 11.9. The summed E-state index contributed by atoms with van der Waals surface area (Å²) in [4.78, 5) is 54.1. The number of imide groups is 1. The van der Waals surface area contributed by atoms with Crippen LogP contribution in [0.25, 0.3) is 22.2 Å². The van der Waals surface area contributed by atoms with E-state index >= 15 is 8.78 Å². The van der Waals surface area contributed by atoms with Crippen LogP contribution in [0.2, 0.25) is 0 Å². The summed E-state index contributed by atoms with van der Waals surface area (Å²) in [5.41, 5.74) is 5.81. The number of aryl methyl sites for hydroxylation is 2. The number of rotatable bonds is 8. The maximum Gasteiger partial charge on any atom is 0.329 e. The Labute approximate surface area is 312 Å². The number of amides is 2. The molecule has 12 nitrogen and oxygen atoms in total. The molecule has 288 valence electrons. The molecule has 3 aliphatic heterocycles. The summed E-state index contributed by atoms with van der Waals surface area (Å²) < 4.78 is 48.4. The minimum absolute atomic E-state index is 0.0539. The maximum atomic E-state index is 16.1. The van der Waals surface area contributed by atoms with Gasteiger partial charge in [-0.05, 0) is 93.4 Å². The lowest BCUT2D eigenvalue weighted by molar-refractivity contribution is -0.135. The molecule has 3 aliphatic rings. The number of ether oxygens (including phenoxy) is 2. The largest absolute Gasteiger partial charge is 0.496 e. The van der Waals surface area contributed by atoms with Gasteiger partial charge in [0.1, 0.15) is 17.5 Å². The summed E-state index contributed by atoms with van der Waals surface area (Å²) in [6.45, 7) is 4.99. The summed E-state index contributed by atoms with van der Waals surface area (Å²) in [6.07, 6.45) is 3.82. The van der Waals surface area contributed by atoms with E-state index in [-0.39, 0.29) is 42.5 Å². The number of nitrogens with one attached hydrogen (secondary N) is 1. The molecule has 2 unspecified atom stereocenters. The van der Waals surface area contributed by atoms with Crippen LogP contribution in [-0.2, 0) is 30.2 Å². The number of alkyl halides is 2. The molecule has 14 heteroatoms. The molecule has 54 heavy (non-hydrogen) atoms. The normalized spacial score (nSPS) is 21.4. The third-order valence-corrected chi connectivity index (χ3v) is 11.9. The molecule has 0 bridgehead atoms. The lowest BCUT2D eigenvalue weighted by Gasteiger charge is -2.46. The zero-order valence-electron chi connectivity index (χ0n) is 31.7. The molecule has 2 atom stereocenters. The van der Waals surface area contributed by atoms with Crippen molar-refractivity contribution in [1.29, 1.82) is 0 Å². The average molecular weight is 747 g/mol. The van der Waals surface area contributed by atoms with Gasteiger partial charge in [-0.3, -0.25) is 38.6 Å². The molecule has 0 saturated carbocycles. The number of hydrogen-bond donors (Lipinski definition) is 1. The molecule has 7 rings (SSSR count). The molecule has 4 aromatic rings. The van der Waals surface area contributed by atoms with Gasteiger partial charge in [-0.1, -0.05) is 12.1 Å². The van der Waals surface area contributed by atoms with Crippen LogP contribution in [0, 0.1) is 13.8 Å². The van der Waals surface area contributed by atoms with E-state index in [0.29, 0.717) is 67.0 Å². The number of likely N-dealkylation sites (tertiary alicyclic amines) is 2. The summed E-state index contributed by atoms with van der Waals surface area (Å²) >= 11 is 0. The van der Waals surface area contributed by atoms with Crippen molar-refractivity contribution in [1.82, 2.24) is 28.8 Å². The molecular formula is C40H48F2N6O6. The third kappa shape index (κ3) is 6.52. The summed E-state index contributed by atoms with van der Waals surface area (Å²) in [5, 5.41) is 2.35. The highest BCUT2D eigenvalue weighted by molar-refractivity contribution is 6.00. The molecular weight excluding hydrogens is 698 g/mol. The fourth-order valence-corrected chi connectivity index (χ4v) is 8.92. The van der Waals surface area contributed by atoms with Crippen molar-refractivity contribution in [2.45, 2.75) is 76.4 Å². The van der Waals surface area contributed by atoms with Crippen molar-refractivity contribution in [2.75, 3.05) is 40.4 Å². The van der Waals surface area contributed by atoms with E-state index in [1.165, 1.54) is 4.57 Å². The number of nitrogens with zero attached hydrogens (tertiary/aromatic N) is 5. The van der Waals surface area contributed by atoms with Crippen molar-refractivity contribution >= 4 is 22.8 Å². The van der Waals surface area contributed by atoms with Gasteiger partial charge in [-0.25, -0.2) is 13.6 Å². The van der Waals surface area contributed by atoms with E-state index in [4.69, 9.17) is 9.47 Å². The Morgan fingerprint density at radius 1 is 0.907 bits per heavy atom. The lowest BCUT2D eigenvalue weighted by Crippen LogP contribution is -2.59. The topological polar surface area (TPSA) is 120 Å². The number of carbonyl (C=O) groups is 2. The van der Waals surface area contributed by atoms with Crippen LogP contribution in [0.5, 0.6) is 11.5 Å². The summed E-state index contributed by atoms with van der Waals surface area (Å²) in [7, 11) is 6.51. The van der Waals surface area contributed by atoms with E-state index in [2.05, 4.69) is 5.32 Å². The Morgan fingerprint density at radius 3 is 2.22 bits per heavy atom. The van der Waals surface area contributed by atoms with Gasteiger partial charge in [-0.15, -0.1) is 0 Å². The first kappa shape index (κ1) is 37.5. The molecule has 1 N–H and O–H groups in total. The predicted molar refractivity (Wildman–Crippen MR) is 200 cm³/mol. The van der Waals surface area contributed by atoms with E-state index in [1.54, 1.807) is 55.5 Å². The Kier molecular flexibility index (Phi) is 10.0. The van der Waals surface area contributed by atoms with Gasteiger partial charge in [0.05, 0.1) is 43.4 Å². The van der Waals surface area contributed by atoms with Crippen molar-refractivity contribution in [3.8, 4) is 22.6 Å². The fraction of sp³-hybridized carbons (Fsp3) is 0.500. The molecule has 0 radical (unpaired) electrons. The number of imidazole rings is 1. The number of para-hydroxylation sites is 1. The van der Waals surface area contributed by atoms with Gasteiger partial charge >= 0.3 is 5.69 Å². The van der Waals surface area contributed by atoms with Gasteiger partial charge in [0.15, 0.2) is 0 Å². The zero-order chi connectivity index (χ0) is 38.6. The van der Waals surface area contributed by atoms with Crippen molar-refractivity contribution in [2.24, 2.45) is 14.1 Å². The van der Waals surface area contributed by atoms with Crippen LogP contribution in [0.3, 0.4) is 0 Å². The van der Waals surface area contributed by atoms with Crippen LogP contribution in [0.1, 0.15) is 66.3 Å². The number of fused-ring (bicyclic) bond motifs is 1. The second-order valence-electron chi connectivity index (χ2n) is 15.0. The van der Waals surface area contributed by atoms with E-state index in [9.17, 15) is 19.2 Å². The fourth-order valence-electron chi connectivity index (χ4n) is 8.92. The molecule has 3 saturated heterocycles. The van der Waals surface area contributed by atoms with Crippen LogP contribution in [0.4, 0.5) is 8.78 Å². The minimum atomic E-state index is -2.96. The maximum absolute atomic E-state index is 16.1. The number of halogens is 2. The standard InChI is InChI=1S/C40H48F2N6O6/c1-23-24(2)38(51)44(3)20-28(23)26-18-32(53-5)29(33(19-26)54-6)21-46-15-14-34(40(41,42)22-46)47-16-12-25(13-17-47)27-8-7-9-30-36(27)45(4)39(52)48(30)31-10-11-35(49)43-37(31)50/h7-9,18-20,25,31,34H,10-17,21-22H2,1-6H3,(H,43,49,50). The van der Waals surface area contributed by atoms with Gasteiger partial charge in [0, 0.05) is 50.9 Å². The number of methoxy groups -OCH3 is 2. The highest BCUT2D eigenvalue weighted by atomic mass is 19.3. The number of pyridine rings is 1. The first-order valence-electron chi connectivity index (χ1n) is 18.5. The van der Waals surface area contributed by atoms with Gasteiger partial charge in [0.2, 0.25) is 11.8 Å². The van der Waals surface area contributed by atoms with Gasteiger partial charge in [-0.2, -0.15) is 0 Å². The van der Waals surface area contributed by atoms with Crippen LogP contribution in [0.15, 0.2) is 46.1 Å². The SMILES string of the molecule is COc1cc(-c2cn(C)c(=O)c(C)c2C)cc(OC)c1CN1CCC(N2CCC(c3cccc4c3n(C)c(=O)n4C3CCC(=O)NC3=O)CC2)C(F)(F)C1. The highest BCUT2D eigenvalue weighted by Crippen LogP contribution is 2.41. The molecule has 3 fully saturated rings. The first-order chi connectivity index (χ1) is 25.7. The van der Waals surface area contributed by atoms with Gasteiger partial charge < -0.3 is 14.0 Å². The van der Waals surface area contributed by atoms with E-state index in [1.807, 2.05) is 42.2 Å². The Bertz CT molecular complexity index is 2230. The van der Waals surface area contributed by atoms with Crippen molar-refractivity contribution in [3.05, 3.63) is 79.6 Å². The number of carbonyl (C=O) groups excluding carboxylic acids is 2. The number of hydrogen-bond acceptors (Lipinski definition) is 8. The molecule has 2 aromatic carbocycles. The molecule has 0 spiro atoms. The Hall–Kier alpha value is -4.82. The van der Waals surface area contributed by atoms with Gasteiger partial charge in [0.25, 0.3) is 11.5 Å². The number of piperidine rings is 3. The minimum Gasteiger partial charge on any atom is -0.496 e. The first-order valence-corrected chi connectivity index (χ1v) is 18.5. The van der Waals surface area contributed by atoms with Crippen LogP contribution in [-0.4, -0.2) is 87.7 Å². The second-order valence-corrected chi connectivity index (χ2v) is 15.0. The molecule has 5 heterocycles. The number of aromatic nitrogens is 3. The Morgan fingerprint density at radius 2 is 1.59 bits per heavy atom. The predicted octanol–water partition coefficient (Wildman–Crippen LogP) is 4.41. The smallest absolute Gasteiger partial charge is 0.329 e. The number of benzene rings is 2. The zero-order valence-corrected chi connectivity index (χ0v) is 31.7. The lowest BCUT2D eigenvalue weighted by atomic mass is 9.86. The monoisotopic (exact) mass is 746 g/mol. The quantitative estimate of drug-likeness (QED) is 0.264. The summed E-state index contributed by atoms with van der Waals surface area (Å²) in [5.74, 6) is -2.67. The molecule has 2 amide bonds. The van der Waals surface area contributed by atoms with Crippen molar-refractivity contribution in [3.63, 3.8) is 0 Å². The Balaban J connectivity index is 1.05. The second kappa shape index (κ2) is 14.4. The summed E-state index contributed by atoms with van der Waals surface area (Å²) in [6, 6.07) is 7.77. The highest BCUT2D eigenvalue weighted by Gasteiger charge is 2.48. The van der Waals surface area contributed by atoms with E-state index in [0.717, 1.165) is 27.8 Å².